The predicted octanol–water partition coefficient (Wildman–Crippen LogP) is 3.42. The molecular formula is C24H29N5O4S. The van der Waals surface area contributed by atoms with Crippen LogP contribution in [0.15, 0.2) is 23.2 Å². The molecule has 0 radical (unpaired) electrons. The van der Waals surface area contributed by atoms with E-state index in [9.17, 15) is 13.2 Å². The van der Waals surface area contributed by atoms with Gasteiger partial charge in [0.15, 0.2) is 9.84 Å². The molecule has 1 fully saturated rings. The second-order valence-electron chi connectivity index (χ2n) is 9.62. The smallest absolute Gasteiger partial charge is 0.339 e. The van der Waals surface area contributed by atoms with E-state index in [1.807, 2.05) is 6.20 Å². The summed E-state index contributed by atoms with van der Waals surface area (Å²) in [4.78, 5) is 29.0. The molecule has 1 aromatic carbocycles. The summed E-state index contributed by atoms with van der Waals surface area (Å²) in [6.07, 6.45) is 5.35. The van der Waals surface area contributed by atoms with Crippen LogP contribution in [0.3, 0.4) is 0 Å². The molecule has 1 atom stereocenters. The van der Waals surface area contributed by atoms with Crippen molar-refractivity contribution in [3.05, 3.63) is 41.0 Å². The summed E-state index contributed by atoms with van der Waals surface area (Å²) in [5.74, 6) is 1.54. The van der Waals surface area contributed by atoms with E-state index >= 15 is 0 Å². The first-order chi connectivity index (χ1) is 16.1. The molecule has 5 rings (SSSR count). The lowest BCUT2D eigenvalue weighted by Gasteiger charge is -2.38. The van der Waals surface area contributed by atoms with Crippen molar-refractivity contribution in [2.24, 2.45) is 5.92 Å². The molecule has 10 heteroatoms. The number of carbonyl (C=O) groups is 1. The fraction of sp³-hybridized carbons (Fsp3) is 0.500. The van der Waals surface area contributed by atoms with E-state index in [0.29, 0.717) is 36.0 Å². The van der Waals surface area contributed by atoms with E-state index in [-0.39, 0.29) is 22.4 Å². The maximum absolute atomic E-state index is 12.5. The van der Waals surface area contributed by atoms with Crippen LogP contribution in [-0.2, 0) is 21.1 Å². The third-order valence-corrected chi connectivity index (χ3v) is 7.84. The zero-order valence-corrected chi connectivity index (χ0v) is 20.9. The maximum Gasteiger partial charge on any atom is 0.339 e. The molecule has 0 amide bonds. The Morgan fingerprint density at radius 2 is 1.91 bits per heavy atom. The van der Waals surface area contributed by atoms with E-state index in [4.69, 9.17) is 14.7 Å². The second-order valence-corrected chi connectivity index (χ2v) is 11.6. The van der Waals surface area contributed by atoms with E-state index in [2.05, 4.69) is 35.2 Å². The molecule has 9 nitrogen and oxygen atoms in total. The summed E-state index contributed by atoms with van der Waals surface area (Å²) < 4.78 is 31.8. The summed E-state index contributed by atoms with van der Waals surface area (Å²) in [6.45, 7) is 7.59. The first kappa shape index (κ1) is 22.8. The van der Waals surface area contributed by atoms with Crippen LogP contribution in [0.2, 0.25) is 0 Å². The number of benzene rings is 1. The van der Waals surface area contributed by atoms with Gasteiger partial charge < -0.3 is 14.2 Å². The van der Waals surface area contributed by atoms with Crippen LogP contribution in [0.4, 0.5) is 5.95 Å². The first-order valence-corrected chi connectivity index (χ1v) is 13.4. The Labute approximate surface area is 199 Å². The lowest BCUT2D eigenvalue weighted by molar-refractivity contribution is 0.0596. The summed E-state index contributed by atoms with van der Waals surface area (Å²) in [5, 5.41) is 0. The van der Waals surface area contributed by atoms with Crippen molar-refractivity contribution >= 4 is 32.8 Å². The SMILES string of the molecule is COC(=O)c1cc2nc3n(c2cc1S(C)(=O)=O)CCN(c1ncc(C)c(C2CC2)n1)[C@@H]3C(C)C. The van der Waals surface area contributed by atoms with Gasteiger partial charge in [0.05, 0.1) is 40.3 Å². The number of aromatic nitrogens is 4. The number of esters is 1. The Kier molecular flexibility index (Phi) is 5.38. The summed E-state index contributed by atoms with van der Waals surface area (Å²) >= 11 is 0. The molecule has 3 aromatic rings. The molecule has 2 aliphatic rings. The number of hydrogen-bond acceptors (Lipinski definition) is 8. The van der Waals surface area contributed by atoms with E-state index in [1.54, 1.807) is 6.07 Å². The van der Waals surface area contributed by atoms with Gasteiger partial charge in [0.1, 0.15) is 5.82 Å². The normalized spacial score (nSPS) is 18.4. The Hall–Kier alpha value is -3.01. The number of anilines is 1. The van der Waals surface area contributed by atoms with Crippen molar-refractivity contribution in [1.82, 2.24) is 19.5 Å². The lowest BCUT2D eigenvalue weighted by Crippen LogP contribution is -2.42. The highest BCUT2D eigenvalue weighted by molar-refractivity contribution is 7.90. The van der Waals surface area contributed by atoms with Crippen LogP contribution < -0.4 is 4.90 Å². The van der Waals surface area contributed by atoms with Crippen molar-refractivity contribution in [2.75, 3.05) is 24.8 Å². The zero-order chi connectivity index (χ0) is 24.4. The number of carbonyl (C=O) groups excluding carboxylic acids is 1. The number of methoxy groups -OCH3 is 1. The summed E-state index contributed by atoms with van der Waals surface area (Å²) in [5.41, 5.74) is 3.52. The quantitative estimate of drug-likeness (QED) is 0.508. The largest absolute Gasteiger partial charge is 0.465 e. The van der Waals surface area contributed by atoms with Gasteiger partial charge in [-0.2, -0.15) is 0 Å². The number of sulfone groups is 1. The predicted molar refractivity (Wildman–Crippen MR) is 128 cm³/mol. The second kappa shape index (κ2) is 8.04. The van der Waals surface area contributed by atoms with Crippen molar-refractivity contribution in [3.63, 3.8) is 0 Å². The molecule has 2 aromatic heterocycles. The van der Waals surface area contributed by atoms with Gasteiger partial charge in [0.2, 0.25) is 5.95 Å². The molecule has 0 spiro atoms. The van der Waals surface area contributed by atoms with E-state index in [0.717, 1.165) is 23.3 Å². The average molecular weight is 484 g/mol. The lowest BCUT2D eigenvalue weighted by atomic mass is 10.00. The molecule has 1 aliphatic carbocycles. The van der Waals surface area contributed by atoms with Crippen LogP contribution in [0.5, 0.6) is 0 Å². The van der Waals surface area contributed by atoms with Gasteiger partial charge in [-0.05, 0) is 43.4 Å². The molecular weight excluding hydrogens is 454 g/mol. The van der Waals surface area contributed by atoms with E-state index < -0.39 is 15.8 Å². The molecule has 34 heavy (non-hydrogen) atoms. The Balaban J connectivity index is 1.65. The minimum absolute atomic E-state index is 0.00171. The van der Waals surface area contributed by atoms with Crippen LogP contribution in [0.1, 0.15) is 66.1 Å². The highest BCUT2D eigenvalue weighted by Crippen LogP contribution is 2.42. The minimum Gasteiger partial charge on any atom is -0.465 e. The Bertz CT molecular complexity index is 1410. The van der Waals surface area contributed by atoms with Crippen LogP contribution >= 0.6 is 0 Å². The number of nitrogens with zero attached hydrogens (tertiary/aromatic N) is 5. The number of imidazole rings is 1. The highest BCUT2D eigenvalue weighted by Gasteiger charge is 2.36. The third-order valence-electron chi connectivity index (χ3n) is 6.70. The summed E-state index contributed by atoms with van der Waals surface area (Å²) in [7, 11) is -2.41. The minimum atomic E-state index is -3.65. The van der Waals surface area contributed by atoms with Crippen LogP contribution in [-0.4, -0.2) is 53.8 Å². The average Bonchev–Trinajstić information content (AvgIpc) is 3.56. The van der Waals surface area contributed by atoms with Gasteiger partial charge in [-0.3, -0.25) is 0 Å². The van der Waals surface area contributed by atoms with Gasteiger partial charge in [-0.25, -0.2) is 28.2 Å². The number of hydrogen-bond donors (Lipinski definition) is 0. The topological polar surface area (TPSA) is 107 Å². The first-order valence-electron chi connectivity index (χ1n) is 11.5. The number of ether oxygens (including phenoxy) is 1. The van der Waals surface area contributed by atoms with Crippen LogP contribution in [0, 0.1) is 12.8 Å². The van der Waals surface area contributed by atoms with Crippen molar-refractivity contribution in [2.45, 2.75) is 57.0 Å². The van der Waals surface area contributed by atoms with Crippen molar-refractivity contribution in [3.8, 4) is 0 Å². The standard InChI is InChI=1S/C24H29N5O4S/c1-13(2)21-22-26-17-10-16(23(30)33-4)19(34(5,31)32)11-18(17)28(22)8-9-29(21)24-25-12-14(3)20(27-24)15-6-7-15/h10-13,15,21H,6-9H2,1-5H3/t21-/m1/s1. The molecule has 3 heterocycles. The molecule has 180 valence electrons. The van der Waals surface area contributed by atoms with Crippen LogP contribution in [0.25, 0.3) is 11.0 Å². The number of fused-ring (bicyclic) bond motifs is 3. The Morgan fingerprint density at radius 3 is 2.53 bits per heavy atom. The van der Waals surface area contributed by atoms with Gasteiger partial charge >= 0.3 is 5.97 Å². The van der Waals surface area contributed by atoms with Gasteiger partial charge in [-0.15, -0.1) is 0 Å². The molecule has 0 saturated heterocycles. The fourth-order valence-corrected chi connectivity index (χ4v) is 5.80. The highest BCUT2D eigenvalue weighted by atomic mass is 32.2. The molecule has 1 aliphatic heterocycles. The van der Waals surface area contributed by atoms with Gasteiger partial charge in [0.25, 0.3) is 0 Å². The summed E-state index contributed by atoms with van der Waals surface area (Å²) in [6, 6.07) is 2.98. The van der Waals surface area contributed by atoms with Crippen molar-refractivity contribution in [1.29, 1.82) is 0 Å². The number of aryl methyl sites for hydroxylation is 1. The monoisotopic (exact) mass is 483 g/mol. The Morgan fingerprint density at radius 1 is 1.18 bits per heavy atom. The zero-order valence-electron chi connectivity index (χ0n) is 20.1. The maximum atomic E-state index is 12.5. The third kappa shape index (κ3) is 3.73. The van der Waals surface area contributed by atoms with Gasteiger partial charge in [0, 0.05) is 31.5 Å². The van der Waals surface area contributed by atoms with Gasteiger partial charge in [-0.1, -0.05) is 13.8 Å². The number of rotatable bonds is 5. The fourth-order valence-electron chi connectivity index (χ4n) is 4.93. The molecule has 0 N–H and O–H groups in total. The van der Waals surface area contributed by atoms with E-state index in [1.165, 1.54) is 26.0 Å². The molecule has 0 unspecified atom stereocenters. The molecule has 0 bridgehead atoms. The van der Waals surface area contributed by atoms with Crippen molar-refractivity contribution < 1.29 is 17.9 Å². The molecule has 1 saturated carbocycles.